The number of piperazine rings is 1. The summed E-state index contributed by atoms with van der Waals surface area (Å²) in [5.41, 5.74) is 5.67. The summed E-state index contributed by atoms with van der Waals surface area (Å²) in [6, 6.07) is -0.688. The van der Waals surface area contributed by atoms with Gasteiger partial charge in [-0.2, -0.15) is 0 Å². The first-order valence-corrected chi connectivity index (χ1v) is 6.18. The summed E-state index contributed by atoms with van der Waals surface area (Å²) in [5, 5.41) is 8.92. The van der Waals surface area contributed by atoms with Gasteiger partial charge in [0.15, 0.2) is 0 Å². The van der Waals surface area contributed by atoms with Gasteiger partial charge in [-0.15, -0.1) is 0 Å². The smallest absolute Gasteiger partial charge is 0.407 e. The summed E-state index contributed by atoms with van der Waals surface area (Å²) in [6.45, 7) is 8.73. The second-order valence-electron chi connectivity index (χ2n) is 5.95. The topological polar surface area (TPSA) is 86.9 Å². The first kappa shape index (κ1) is 14.8. The number of hydrogen-bond donors (Lipinski definition) is 2. The minimum Gasteiger partial charge on any atom is -0.465 e. The highest BCUT2D eigenvalue weighted by Gasteiger charge is 2.36. The summed E-state index contributed by atoms with van der Waals surface area (Å²) >= 11 is 0. The van der Waals surface area contributed by atoms with E-state index in [2.05, 4.69) is 0 Å². The maximum atomic E-state index is 12.3. The van der Waals surface area contributed by atoms with Crippen LogP contribution in [0.15, 0.2) is 0 Å². The second-order valence-corrected chi connectivity index (χ2v) is 5.95. The van der Waals surface area contributed by atoms with Crippen LogP contribution in [-0.2, 0) is 4.79 Å². The van der Waals surface area contributed by atoms with E-state index in [4.69, 9.17) is 10.8 Å². The minimum atomic E-state index is -0.936. The quantitative estimate of drug-likeness (QED) is 0.719. The normalized spacial score (nSPS) is 22.8. The van der Waals surface area contributed by atoms with Crippen LogP contribution in [0.1, 0.15) is 27.7 Å². The largest absolute Gasteiger partial charge is 0.465 e. The first-order valence-electron chi connectivity index (χ1n) is 6.18. The Bertz CT molecular complexity index is 338. The molecule has 3 N–H and O–H groups in total. The number of carbonyl (C=O) groups excluding carboxylic acids is 1. The number of rotatable bonds is 1. The standard InChI is InChI=1S/C12H23N3O3/c1-8-7-14(11(17)18)5-6-15(8)10(16)9(13)12(2,3)4/h8-9H,5-7,13H2,1-4H3,(H,17,18). The van der Waals surface area contributed by atoms with Gasteiger partial charge in [0.25, 0.3) is 0 Å². The Hall–Kier alpha value is -1.30. The predicted octanol–water partition coefficient (Wildman–Crippen LogP) is 0.571. The van der Waals surface area contributed by atoms with Gasteiger partial charge in [-0.05, 0) is 12.3 Å². The van der Waals surface area contributed by atoms with E-state index in [0.717, 1.165) is 0 Å². The Morgan fingerprint density at radius 3 is 2.28 bits per heavy atom. The molecule has 6 nitrogen and oxygen atoms in total. The molecule has 0 aliphatic carbocycles. The van der Waals surface area contributed by atoms with Crippen molar-refractivity contribution in [3.63, 3.8) is 0 Å². The van der Waals surface area contributed by atoms with Crippen molar-refractivity contribution in [2.24, 2.45) is 11.1 Å². The number of nitrogens with zero attached hydrogens (tertiary/aromatic N) is 2. The fourth-order valence-electron chi connectivity index (χ4n) is 2.01. The third-order valence-electron chi connectivity index (χ3n) is 3.38. The van der Waals surface area contributed by atoms with Crippen LogP contribution in [-0.4, -0.2) is 58.6 Å². The molecule has 0 aromatic rings. The molecule has 1 rings (SSSR count). The monoisotopic (exact) mass is 257 g/mol. The molecule has 1 aliphatic rings. The van der Waals surface area contributed by atoms with E-state index in [1.807, 2.05) is 27.7 Å². The maximum absolute atomic E-state index is 12.3. The zero-order valence-corrected chi connectivity index (χ0v) is 11.5. The molecule has 2 amide bonds. The Morgan fingerprint density at radius 2 is 1.89 bits per heavy atom. The van der Waals surface area contributed by atoms with Gasteiger partial charge in [-0.1, -0.05) is 20.8 Å². The molecule has 0 saturated carbocycles. The molecule has 1 aliphatic heterocycles. The van der Waals surface area contributed by atoms with Gasteiger partial charge in [0.2, 0.25) is 5.91 Å². The van der Waals surface area contributed by atoms with Crippen molar-refractivity contribution in [3.8, 4) is 0 Å². The van der Waals surface area contributed by atoms with Crippen LogP contribution in [0.4, 0.5) is 4.79 Å². The van der Waals surface area contributed by atoms with Gasteiger partial charge < -0.3 is 20.6 Å². The number of hydrogen-bond acceptors (Lipinski definition) is 3. The average molecular weight is 257 g/mol. The van der Waals surface area contributed by atoms with E-state index in [-0.39, 0.29) is 17.4 Å². The van der Waals surface area contributed by atoms with Gasteiger partial charge in [0, 0.05) is 25.7 Å². The third-order valence-corrected chi connectivity index (χ3v) is 3.38. The Labute approximate surface area is 108 Å². The highest BCUT2D eigenvalue weighted by atomic mass is 16.4. The molecule has 0 bridgehead atoms. The van der Waals surface area contributed by atoms with E-state index in [9.17, 15) is 9.59 Å². The number of carbonyl (C=O) groups is 2. The minimum absolute atomic E-state index is 0.0972. The summed E-state index contributed by atoms with van der Waals surface area (Å²) in [7, 11) is 0. The van der Waals surface area contributed by atoms with Crippen molar-refractivity contribution in [1.82, 2.24) is 9.80 Å². The van der Waals surface area contributed by atoms with Crippen molar-refractivity contribution < 1.29 is 14.7 Å². The molecule has 0 aromatic heterocycles. The van der Waals surface area contributed by atoms with Gasteiger partial charge in [-0.25, -0.2) is 4.79 Å². The number of amides is 2. The second kappa shape index (κ2) is 5.14. The highest BCUT2D eigenvalue weighted by molar-refractivity contribution is 5.83. The van der Waals surface area contributed by atoms with Crippen molar-refractivity contribution in [2.75, 3.05) is 19.6 Å². The molecule has 1 saturated heterocycles. The molecule has 104 valence electrons. The van der Waals surface area contributed by atoms with E-state index < -0.39 is 12.1 Å². The summed E-state index contributed by atoms with van der Waals surface area (Å²) in [6.07, 6.45) is -0.936. The molecule has 1 fully saturated rings. The predicted molar refractivity (Wildman–Crippen MR) is 68.2 cm³/mol. The molecule has 0 radical (unpaired) electrons. The lowest BCUT2D eigenvalue weighted by Gasteiger charge is -2.41. The lowest BCUT2D eigenvalue weighted by Crippen LogP contribution is -2.60. The molecule has 6 heteroatoms. The molecule has 2 unspecified atom stereocenters. The van der Waals surface area contributed by atoms with Crippen LogP contribution in [0.2, 0.25) is 0 Å². The van der Waals surface area contributed by atoms with E-state index in [0.29, 0.717) is 19.6 Å². The van der Waals surface area contributed by atoms with Crippen LogP contribution in [0.3, 0.4) is 0 Å². The molecular formula is C12H23N3O3. The fourth-order valence-corrected chi connectivity index (χ4v) is 2.01. The van der Waals surface area contributed by atoms with E-state index in [1.54, 1.807) is 4.90 Å². The Kier molecular flexibility index (Phi) is 4.21. The van der Waals surface area contributed by atoms with Crippen LogP contribution >= 0.6 is 0 Å². The van der Waals surface area contributed by atoms with Crippen molar-refractivity contribution in [3.05, 3.63) is 0 Å². The summed E-state index contributed by atoms with van der Waals surface area (Å²) in [4.78, 5) is 26.2. The molecule has 2 atom stereocenters. The Balaban J connectivity index is 2.70. The van der Waals surface area contributed by atoms with Gasteiger partial charge in [-0.3, -0.25) is 4.79 Å². The van der Waals surface area contributed by atoms with Crippen molar-refractivity contribution in [1.29, 1.82) is 0 Å². The van der Waals surface area contributed by atoms with E-state index >= 15 is 0 Å². The SMILES string of the molecule is CC1CN(C(=O)O)CCN1C(=O)C(N)C(C)(C)C. The molecular weight excluding hydrogens is 234 g/mol. The Morgan fingerprint density at radius 1 is 1.33 bits per heavy atom. The zero-order valence-electron chi connectivity index (χ0n) is 11.5. The van der Waals surface area contributed by atoms with Crippen molar-refractivity contribution in [2.45, 2.75) is 39.8 Å². The van der Waals surface area contributed by atoms with Crippen LogP contribution in [0.25, 0.3) is 0 Å². The van der Waals surface area contributed by atoms with Crippen LogP contribution in [0.5, 0.6) is 0 Å². The van der Waals surface area contributed by atoms with Crippen LogP contribution in [0, 0.1) is 5.41 Å². The molecule has 18 heavy (non-hydrogen) atoms. The van der Waals surface area contributed by atoms with Crippen molar-refractivity contribution >= 4 is 12.0 Å². The zero-order chi connectivity index (χ0) is 14.1. The lowest BCUT2D eigenvalue weighted by atomic mass is 9.86. The van der Waals surface area contributed by atoms with Gasteiger partial charge >= 0.3 is 6.09 Å². The fraction of sp³-hybridized carbons (Fsp3) is 0.833. The number of carboxylic acid groups (broad SMARTS) is 1. The molecule has 0 aromatic carbocycles. The third kappa shape index (κ3) is 3.13. The lowest BCUT2D eigenvalue weighted by molar-refractivity contribution is -0.139. The summed E-state index contributed by atoms with van der Waals surface area (Å²) in [5.74, 6) is -0.0972. The summed E-state index contributed by atoms with van der Waals surface area (Å²) < 4.78 is 0. The van der Waals surface area contributed by atoms with E-state index in [1.165, 1.54) is 4.90 Å². The average Bonchev–Trinajstić information content (AvgIpc) is 2.25. The molecule has 0 spiro atoms. The number of nitrogens with two attached hydrogens (primary N) is 1. The van der Waals surface area contributed by atoms with Gasteiger partial charge in [0.1, 0.15) is 0 Å². The first-order chi connectivity index (χ1) is 8.14. The molecule has 1 heterocycles. The van der Waals surface area contributed by atoms with Gasteiger partial charge in [0.05, 0.1) is 6.04 Å². The maximum Gasteiger partial charge on any atom is 0.407 e. The highest BCUT2D eigenvalue weighted by Crippen LogP contribution is 2.21. The van der Waals surface area contributed by atoms with Crippen LogP contribution < -0.4 is 5.73 Å².